The van der Waals surface area contributed by atoms with E-state index in [1.54, 1.807) is 12.1 Å². The van der Waals surface area contributed by atoms with E-state index >= 15 is 0 Å². The molecule has 0 bridgehead atoms. The van der Waals surface area contributed by atoms with Crippen molar-refractivity contribution in [3.63, 3.8) is 0 Å². The van der Waals surface area contributed by atoms with Gasteiger partial charge in [-0.3, -0.25) is 4.79 Å². The molecule has 0 heterocycles. The molecule has 1 nitrogen and oxygen atoms in total. The molecule has 13 heavy (non-hydrogen) atoms. The van der Waals surface area contributed by atoms with Crippen LogP contribution in [0.5, 0.6) is 0 Å². The lowest BCUT2D eigenvalue weighted by Crippen LogP contribution is -1.93. The maximum Gasteiger partial charge on any atom is 0.187 e. The topological polar surface area (TPSA) is 17.1 Å². The van der Waals surface area contributed by atoms with Gasteiger partial charge in [-0.2, -0.15) is 0 Å². The van der Waals surface area contributed by atoms with Gasteiger partial charge in [0, 0.05) is 11.6 Å². The second-order valence-electron chi connectivity index (χ2n) is 2.38. The minimum Gasteiger partial charge on any atom is -0.289 e. The molecule has 1 rings (SSSR count). The highest BCUT2D eigenvalue weighted by atomic mass is 35.5. The van der Waals surface area contributed by atoms with Gasteiger partial charge >= 0.3 is 0 Å². The summed E-state index contributed by atoms with van der Waals surface area (Å²) in [5.74, 6) is -0.0556. The number of ketones is 1. The molecule has 0 unspecified atom stereocenters. The summed E-state index contributed by atoms with van der Waals surface area (Å²) in [5.41, 5.74) is 0.662. The number of carbonyl (C=O) groups excluding carboxylic acids is 1. The predicted octanol–water partition coefficient (Wildman–Crippen LogP) is 3.31. The Morgan fingerprint density at radius 3 is 2.54 bits per heavy atom. The van der Waals surface area contributed by atoms with Crippen molar-refractivity contribution in [2.24, 2.45) is 0 Å². The van der Waals surface area contributed by atoms with E-state index in [-0.39, 0.29) is 5.78 Å². The van der Waals surface area contributed by atoms with Crippen LogP contribution in [-0.2, 0) is 0 Å². The highest BCUT2D eigenvalue weighted by Gasteiger charge is 2.01. The maximum absolute atomic E-state index is 11.4. The Labute approximate surface area is 86.8 Å². The van der Waals surface area contributed by atoms with Gasteiger partial charge in [0.25, 0.3) is 0 Å². The van der Waals surface area contributed by atoms with Crippen LogP contribution in [-0.4, -0.2) is 12.0 Å². The summed E-state index contributed by atoms with van der Waals surface area (Å²) in [5, 5.41) is 0. The van der Waals surface area contributed by atoms with Crippen molar-refractivity contribution in [2.75, 3.05) is 6.26 Å². The summed E-state index contributed by atoms with van der Waals surface area (Å²) < 4.78 is 0.508. The second-order valence-corrected chi connectivity index (χ2v) is 3.86. The Morgan fingerprint density at radius 1 is 1.38 bits per heavy atom. The number of rotatable bonds is 3. The smallest absolute Gasteiger partial charge is 0.187 e. The summed E-state index contributed by atoms with van der Waals surface area (Å²) in [6.45, 7) is 0. The van der Waals surface area contributed by atoms with Gasteiger partial charge in [-0.05, 0) is 6.26 Å². The number of allylic oxidation sites excluding steroid dienone is 1. The Balaban J connectivity index is 2.81. The van der Waals surface area contributed by atoms with Gasteiger partial charge in [0.05, 0.1) is 4.36 Å². The molecule has 0 aliphatic rings. The molecule has 3 heteroatoms. The average Bonchev–Trinajstić information content (AvgIpc) is 2.19. The fraction of sp³-hybridized carbons (Fsp3) is 0.100. The molecule has 0 aromatic heterocycles. The molecule has 0 fully saturated rings. The molecule has 0 saturated carbocycles. The van der Waals surface area contributed by atoms with Crippen LogP contribution < -0.4 is 0 Å². The van der Waals surface area contributed by atoms with Crippen molar-refractivity contribution >= 4 is 29.1 Å². The van der Waals surface area contributed by atoms with Gasteiger partial charge in [-0.25, -0.2) is 0 Å². The highest BCUT2D eigenvalue weighted by Crippen LogP contribution is 2.16. The number of hydrogen-bond acceptors (Lipinski definition) is 2. The summed E-state index contributed by atoms with van der Waals surface area (Å²) in [4.78, 5) is 11.4. The van der Waals surface area contributed by atoms with Crippen molar-refractivity contribution in [2.45, 2.75) is 0 Å². The number of thioether (sulfide) groups is 1. The predicted molar refractivity (Wildman–Crippen MR) is 58.2 cm³/mol. The Hall–Kier alpha value is -0.730. The molecule has 0 N–H and O–H groups in total. The van der Waals surface area contributed by atoms with Crippen LogP contribution in [0.15, 0.2) is 40.8 Å². The summed E-state index contributed by atoms with van der Waals surface area (Å²) in [6, 6.07) is 9.06. The van der Waals surface area contributed by atoms with Crippen molar-refractivity contribution in [1.29, 1.82) is 0 Å². The number of carbonyl (C=O) groups is 1. The maximum atomic E-state index is 11.4. The van der Waals surface area contributed by atoms with Crippen LogP contribution in [0.3, 0.4) is 0 Å². The first-order valence-corrected chi connectivity index (χ1v) is 5.35. The minimum atomic E-state index is -0.0556. The zero-order valence-electron chi connectivity index (χ0n) is 7.16. The summed E-state index contributed by atoms with van der Waals surface area (Å²) >= 11 is 7.07. The Morgan fingerprint density at radius 2 is 2.00 bits per heavy atom. The molecule has 0 saturated heterocycles. The molecule has 0 amide bonds. The monoisotopic (exact) mass is 212 g/mol. The summed E-state index contributed by atoms with van der Waals surface area (Å²) in [7, 11) is 0. The standard InChI is InChI=1S/C10H9ClOS/c1-13-10(11)7-9(12)8-5-3-2-4-6-8/h2-7H,1H3/b10-7+. The van der Waals surface area contributed by atoms with Crippen LogP contribution in [0.4, 0.5) is 0 Å². The van der Waals surface area contributed by atoms with Crippen LogP contribution in [0.1, 0.15) is 10.4 Å². The number of benzene rings is 1. The van der Waals surface area contributed by atoms with Crippen LogP contribution >= 0.6 is 23.4 Å². The second kappa shape index (κ2) is 5.10. The first-order valence-electron chi connectivity index (χ1n) is 3.74. The minimum absolute atomic E-state index is 0.0556. The zero-order chi connectivity index (χ0) is 9.68. The van der Waals surface area contributed by atoms with Gasteiger partial charge in [-0.1, -0.05) is 41.9 Å². The third-order valence-electron chi connectivity index (χ3n) is 1.50. The molecular formula is C10H9ClOS. The number of hydrogen-bond donors (Lipinski definition) is 0. The fourth-order valence-electron chi connectivity index (χ4n) is 0.848. The van der Waals surface area contributed by atoms with Gasteiger partial charge in [0.15, 0.2) is 5.78 Å². The zero-order valence-corrected chi connectivity index (χ0v) is 8.73. The van der Waals surface area contributed by atoms with Gasteiger partial charge in [0.1, 0.15) is 0 Å². The van der Waals surface area contributed by atoms with Crippen molar-refractivity contribution < 1.29 is 4.79 Å². The molecule has 0 aliphatic carbocycles. The van der Waals surface area contributed by atoms with E-state index in [2.05, 4.69) is 0 Å². The van der Waals surface area contributed by atoms with Crippen LogP contribution in [0, 0.1) is 0 Å². The highest BCUT2D eigenvalue weighted by molar-refractivity contribution is 8.03. The molecule has 1 aromatic rings. The lowest BCUT2D eigenvalue weighted by molar-refractivity contribution is 0.104. The van der Waals surface area contributed by atoms with Crippen molar-refractivity contribution in [1.82, 2.24) is 0 Å². The van der Waals surface area contributed by atoms with Crippen LogP contribution in [0.2, 0.25) is 0 Å². The first kappa shape index (κ1) is 10.4. The van der Waals surface area contributed by atoms with E-state index in [0.29, 0.717) is 9.93 Å². The lowest BCUT2D eigenvalue weighted by atomic mass is 10.1. The normalized spacial score (nSPS) is 11.4. The van der Waals surface area contributed by atoms with Gasteiger partial charge < -0.3 is 0 Å². The quantitative estimate of drug-likeness (QED) is 0.565. The number of halogens is 1. The average molecular weight is 213 g/mol. The van der Waals surface area contributed by atoms with E-state index < -0.39 is 0 Å². The third kappa shape index (κ3) is 3.25. The van der Waals surface area contributed by atoms with Gasteiger partial charge in [0.2, 0.25) is 0 Å². The van der Waals surface area contributed by atoms with E-state index in [1.807, 2.05) is 24.5 Å². The lowest BCUT2D eigenvalue weighted by Gasteiger charge is -1.94. The Bertz CT molecular complexity index is 319. The Kier molecular flexibility index (Phi) is 4.06. The largest absolute Gasteiger partial charge is 0.289 e. The first-order chi connectivity index (χ1) is 6.24. The van der Waals surface area contributed by atoms with Crippen molar-refractivity contribution in [3.8, 4) is 0 Å². The molecule has 0 aliphatic heterocycles. The molecule has 0 atom stereocenters. The molecule has 1 aromatic carbocycles. The molecule has 0 radical (unpaired) electrons. The van der Waals surface area contributed by atoms with E-state index in [4.69, 9.17) is 11.6 Å². The van der Waals surface area contributed by atoms with Gasteiger partial charge in [-0.15, -0.1) is 11.8 Å². The van der Waals surface area contributed by atoms with Crippen molar-refractivity contribution in [3.05, 3.63) is 46.3 Å². The van der Waals surface area contributed by atoms with E-state index in [0.717, 1.165) is 0 Å². The molecule has 68 valence electrons. The SMILES string of the molecule is CS/C(Cl)=C/C(=O)c1ccccc1. The molecule has 0 spiro atoms. The molecular weight excluding hydrogens is 204 g/mol. The van der Waals surface area contributed by atoms with Crippen LogP contribution in [0.25, 0.3) is 0 Å². The fourth-order valence-corrected chi connectivity index (χ4v) is 1.17. The van der Waals surface area contributed by atoms with E-state index in [9.17, 15) is 4.79 Å². The van der Waals surface area contributed by atoms with E-state index in [1.165, 1.54) is 17.8 Å². The summed E-state index contributed by atoms with van der Waals surface area (Å²) in [6.07, 6.45) is 3.26. The third-order valence-corrected chi connectivity index (χ3v) is 2.58.